The molecule has 2 aromatic heterocycles. The number of hydrogen-bond donors (Lipinski definition) is 1. The molecule has 5 heteroatoms. The number of nitrogens with one attached hydrogen (secondary N) is 1. The van der Waals surface area contributed by atoms with Gasteiger partial charge in [-0.2, -0.15) is 0 Å². The highest BCUT2D eigenvalue weighted by molar-refractivity contribution is 6.00. The van der Waals surface area contributed by atoms with E-state index in [1.807, 2.05) is 19.2 Å². The van der Waals surface area contributed by atoms with Crippen LogP contribution < -0.4 is 5.32 Å². The summed E-state index contributed by atoms with van der Waals surface area (Å²) in [6, 6.07) is 4.32. The average molecular weight is 384 g/mol. The maximum absolute atomic E-state index is 12.9. The minimum Gasteiger partial charge on any atom is -0.378 e. The summed E-state index contributed by atoms with van der Waals surface area (Å²) in [7, 11) is 0. The van der Waals surface area contributed by atoms with Crippen LogP contribution in [0, 0.1) is 6.92 Å². The second-order valence-electron chi connectivity index (χ2n) is 8.54. The first-order valence-electron chi connectivity index (χ1n) is 11.1. The Morgan fingerprint density at radius 3 is 2.71 bits per heavy atom. The number of aryl methyl sites for hydroxylation is 1. The van der Waals surface area contributed by atoms with Crippen molar-refractivity contribution in [3.05, 3.63) is 35.3 Å². The fraction of sp³-hybridized carbons (Fsp3) is 0.652. The van der Waals surface area contributed by atoms with Crippen LogP contribution in [0.25, 0.3) is 5.65 Å². The molecule has 4 rings (SSSR count). The van der Waals surface area contributed by atoms with Gasteiger partial charge in [0.15, 0.2) is 0 Å². The smallest absolute Gasteiger partial charge is 0.255 e. The third-order valence-corrected chi connectivity index (χ3v) is 6.13. The van der Waals surface area contributed by atoms with E-state index in [2.05, 4.69) is 27.7 Å². The number of carbonyl (C=O) groups excluding carboxylic acids is 1. The number of nitrogens with zero attached hydrogens (tertiary/aromatic N) is 2. The van der Waals surface area contributed by atoms with E-state index < -0.39 is 0 Å². The highest BCUT2D eigenvalue weighted by Gasteiger charge is 2.28. The number of carbonyl (C=O) groups is 1. The van der Waals surface area contributed by atoms with E-state index in [0.717, 1.165) is 50.1 Å². The summed E-state index contributed by atoms with van der Waals surface area (Å²) in [6.07, 6.45) is 12.5. The summed E-state index contributed by atoms with van der Waals surface area (Å²) >= 11 is 0. The molecule has 2 heterocycles. The van der Waals surface area contributed by atoms with Crippen molar-refractivity contribution in [2.75, 3.05) is 6.61 Å². The molecule has 28 heavy (non-hydrogen) atoms. The molecule has 1 N–H and O–H groups in total. The molecule has 152 valence electrons. The number of unbranched alkanes of at least 4 members (excludes halogenated alkanes) is 2. The van der Waals surface area contributed by atoms with Crippen LogP contribution in [0.15, 0.2) is 18.3 Å². The first-order chi connectivity index (χ1) is 13.7. The zero-order valence-corrected chi connectivity index (χ0v) is 17.2. The molecule has 0 unspecified atom stereocenters. The van der Waals surface area contributed by atoms with E-state index in [1.54, 1.807) is 0 Å². The second-order valence-corrected chi connectivity index (χ2v) is 8.54. The largest absolute Gasteiger partial charge is 0.378 e. The molecule has 2 fully saturated rings. The van der Waals surface area contributed by atoms with Crippen molar-refractivity contribution in [2.24, 2.45) is 0 Å². The molecule has 5 nitrogen and oxygen atoms in total. The molecular formula is C23H33N3O2. The molecule has 1 amide bonds. The maximum atomic E-state index is 12.9. The molecule has 0 bridgehead atoms. The Morgan fingerprint density at radius 2 is 2.00 bits per heavy atom. The minimum atomic E-state index is 0.00895. The molecule has 0 aromatic carbocycles. The molecule has 0 spiro atoms. The van der Waals surface area contributed by atoms with Crippen molar-refractivity contribution in [1.82, 2.24) is 14.7 Å². The van der Waals surface area contributed by atoms with Gasteiger partial charge >= 0.3 is 0 Å². The van der Waals surface area contributed by atoms with Gasteiger partial charge in [-0.1, -0.05) is 19.8 Å². The summed E-state index contributed by atoms with van der Waals surface area (Å²) in [4.78, 5) is 17.6. The van der Waals surface area contributed by atoms with Gasteiger partial charge in [-0.05, 0) is 69.9 Å². The van der Waals surface area contributed by atoms with Gasteiger partial charge in [0.05, 0.1) is 11.7 Å². The monoisotopic (exact) mass is 383 g/mol. The van der Waals surface area contributed by atoms with Gasteiger partial charge in [0, 0.05) is 30.2 Å². The molecule has 0 radical (unpaired) electrons. The zero-order chi connectivity index (χ0) is 19.5. The second kappa shape index (κ2) is 8.64. The molecular weight excluding hydrogens is 350 g/mol. The predicted molar refractivity (Wildman–Crippen MR) is 111 cm³/mol. The summed E-state index contributed by atoms with van der Waals surface area (Å²) in [5.41, 5.74) is 3.78. The average Bonchev–Trinajstić information content (AvgIpc) is 3.45. The Hall–Kier alpha value is -1.88. The molecule has 0 atom stereocenters. The fourth-order valence-corrected chi connectivity index (χ4v) is 4.34. The quantitative estimate of drug-likeness (QED) is 0.668. The number of ether oxygens (including phenoxy) is 1. The van der Waals surface area contributed by atoms with Crippen LogP contribution in [-0.4, -0.2) is 34.0 Å². The number of rotatable bonds is 8. The van der Waals surface area contributed by atoms with E-state index >= 15 is 0 Å². The Bertz CT molecular complexity index is 817. The summed E-state index contributed by atoms with van der Waals surface area (Å²) in [6.45, 7) is 5.11. The van der Waals surface area contributed by atoms with Gasteiger partial charge in [-0.3, -0.25) is 4.79 Å². The fourth-order valence-electron chi connectivity index (χ4n) is 4.34. The Kier molecular flexibility index (Phi) is 6.00. The van der Waals surface area contributed by atoms with Gasteiger partial charge in [0.25, 0.3) is 5.91 Å². The zero-order valence-electron chi connectivity index (χ0n) is 17.2. The van der Waals surface area contributed by atoms with Crippen molar-refractivity contribution in [2.45, 2.75) is 89.7 Å². The van der Waals surface area contributed by atoms with Gasteiger partial charge in [-0.15, -0.1) is 0 Å². The van der Waals surface area contributed by atoms with Crippen LogP contribution in [0.2, 0.25) is 0 Å². The minimum absolute atomic E-state index is 0.00895. The van der Waals surface area contributed by atoms with Crippen LogP contribution in [0.3, 0.4) is 0 Å². The van der Waals surface area contributed by atoms with Gasteiger partial charge in [0.2, 0.25) is 0 Å². The van der Waals surface area contributed by atoms with Gasteiger partial charge in [-0.25, -0.2) is 4.98 Å². The van der Waals surface area contributed by atoms with Crippen LogP contribution in [0.4, 0.5) is 0 Å². The number of hydrogen-bond acceptors (Lipinski definition) is 3. The highest BCUT2D eigenvalue weighted by Crippen LogP contribution is 2.40. The standard InChI is InChI=1S/C23H33N3O2/c1-3-4-5-14-28-19-10-8-18(9-11-19)25-23(27)20-12-13-26-21(17-6-7-17)15-16(2)24-22(20)26/h12-13,15,17-19H,3-11,14H2,1-2H3,(H,25,27). The summed E-state index contributed by atoms with van der Waals surface area (Å²) in [5.74, 6) is 0.634. The van der Waals surface area contributed by atoms with Crippen LogP contribution in [0.5, 0.6) is 0 Å². The van der Waals surface area contributed by atoms with E-state index in [-0.39, 0.29) is 11.9 Å². The molecule has 0 saturated heterocycles. The molecule has 2 saturated carbocycles. The first kappa shape index (κ1) is 19.4. The molecule has 2 aliphatic carbocycles. The van der Waals surface area contributed by atoms with E-state index in [1.165, 1.54) is 31.4 Å². The Labute approximate surface area is 167 Å². The Morgan fingerprint density at radius 1 is 1.21 bits per heavy atom. The SMILES string of the molecule is CCCCCOC1CCC(NC(=O)c2ccn3c(C4CC4)cc(C)nc23)CC1. The number of amides is 1. The summed E-state index contributed by atoms with van der Waals surface area (Å²) in [5, 5.41) is 3.25. The van der Waals surface area contributed by atoms with Gasteiger partial charge in [0.1, 0.15) is 5.65 Å². The van der Waals surface area contributed by atoms with Gasteiger partial charge < -0.3 is 14.5 Å². The normalized spacial score (nSPS) is 22.5. The van der Waals surface area contributed by atoms with E-state index in [4.69, 9.17) is 4.74 Å². The third-order valence-electron chi connectivity index (χ3n) is 6.13. The molecule has 0 aliphatic heterocycles. The molecule has 2 aromatic rings. The third kappa shape index (κ3) is 4.40. The molecule has 2 aliphatic rings. The highest BCUT2D eigenvalue weighted by atomic mass is 16.5. The first-order valence-corrected chi connectivity index (χ1v) is 11.1. The van der Waals surface area contributed by atoms with E-state index in [0.29, 0.717) is 17.6 Å². The van der Waals surface area contributed by atoms with Crippen molar-refractivity contribution in [3.8, 4) is 0 Å². The van der Waals surface area contributed by atoms with Crippen molar-refractivity contribution in [1.29, 1.82) is 0 Å². The summed E-state index contributed by atoms with van der Waals surface area (Å²) < 4.78 is 8.11. The lowest BCUT2D eigenvalue weighted by Gasteiger charge is -2.29. The lowest BCUT2D eigenvalue weighted by molar-refractivity contribution is 0.0205. The predicted octanol–water partition coefficient (Wildman–Crippen LogP) is 4.77. The van der Waals surface area contributed by atoms with Crippen LogP contribution >= 0.6 is 0 Å². The topological polar surface area (TPSA) is 55.6 Å². The lowest BCUT2D eigenvalue weighted by atomic mass is 9.92. The van der Waals surface area contributed by atoms with Crippen LogP contribution in [0.1, 0.15) is 92.4 Å². The lowest BCUT2D eigenvalue weighted by Crippen LogP contribution is -2.39. The van der Waals surface area contributed by atoms with E-state index in [9.17, 15) is 4.79 Å². The maximum Gasteiger partial charge on any atom is 0.255 e. The Balaban J connectivity index is 1.35. The van der Waals surface area contributed by atoms with Crippen molar-refractivity contribution in [3.63, 3.8) is 0 Å². The van der Waals surface area contributed by atoms with Crippen molar-refractivity contribution >= 4 is 11.6 Å². The van der Waals surface area contributed by atoms with Crippen molar-refractivity contribution < 1.29 is 9.53 Å². The van der Waals surface area contributed by atoms with Crippen LogP contribution in [-0.2, 0) is 4.74 Å². The number of aromatic nitrogens is 2. The number of fused-ring (bicyclic) bond motifs is 1.